The first kappa shape index (κ1) is 12.9. The van der Waals surface area contributed by atoms with Gasteiger partial charge in [-0.3, -0.25) is 4.79 Å². The lowest BCUT2D eigenvalue weighted by Crippen LogP contribution is -2.22. The van der Waals surface area contributed by atoms with E-state index in [2.05, 4.69) is 15.5 Å². The third-order valence-electron chi connectivity index (χ3n) is 3.09. The first-order chi connectivity index (χ1) is 8.66. The van der Waals surface area contributed by atoms with Gasteiger partial charge in [0.15, 0.2) is 5.82 Å². The number of hydrogen-bond donors (Lipinski definition) is 1. The van der Waals surface area contributed by atoms with Gasteiger partial charge in [0.05, 0.1) is 6.61 Å². The minimum atomic E-state index is -0.793. The molecule has 7 nitrogen and oxygen atoms in total. The van der Waals surface area contributed by atoms with Crippen LogP contribution >= 0.6 is 0 Å². The number of carboxylic acid groups (broad SMARTS) is 1. The molecule has 1 aliphatic rings. The van der Waals surface area contributed by atoms with Crippen molar-refractivity contribution >= 4 is 5.97 Å². The highest BCUT2D eigenvalue weighted by Gasteiger charge is 2.23. The molecule has 1 aliphatic heterocycles. The van der Waals surface area contributed by atoms with Crippen LogP contribution in [0.5, 0.6) is 0 Å². The summed E-state index contributed by atoms with van der Waals surface area (Å²) in [7, 11) is 0. The van der Waals surface area contributed by atoms with Crippen LogP contribution in [0, 0.1) is 5.92 Å². The van der Waals surface area contributed by atoms with Crippen molar-refractivity contribution in [1.82, 2.24) is 20.2 Å². The van der Waals surface area contributed by atoms with E-state index in [1.165, 1.54) is 0 Å². The smallest absolute Gasteiger partial charge is 0.303 e. The molecule has 1 fully saturated rings. The Morgan fingerprint density at radius 2 is 2.50 bits per heavy atom. The van der Waals surface area contributed by atoms with E-state index in [1.54, 1.807) is 4.68 Å². The van der Waals surface area contributed by atoms with Gasteiger partial charge in [-0.15, -0.1) is 5.10 Å². The minimum absolute atomic E-state index is 0.00857. The molecule has 1 saturated heterocycles. The molecule has 0 saturated carbocycles. The van der Waals surface area contributed by atoms with Gasteiger partial charge in [0.25, 0.3) is 0 Å². The second-order valence-electron chi connectivity index (χ2n) is 4.84. The fourth-order valence-corrected chi connectivity index (χ4v) is 2.24. The molecule has 2 unspecified atom stereocenters. The van der Waals surface area contributed by atoms with Gasteiger partial charge in [-0.05, 0) is 29.2 Å². The fourth-order valence-electron chi connectivity index (χ4n) is 2.24. The zero-order valence-electron chi connectivity index (χ0n) is 10.4. The standard InChI is InChI=1S/C11H18N4O3/c1-8(5-10(16)17)6-15-11(12-13-14-15)9-3-2-4-18-7-9/h8-9H,2-7H2,1H3,(H,16,17). The summed E-state index contributed by atoms with van der Waals surface area (Å²) in [6.07, 6.45) is 2.16. The Bertz CT molecular complexity index is 401. The maximum absolute atomic E-state index is 10.6. The maximum Gasteiger partial charge on any atom is 0.303 e. The highest BCUT2D eigenvalue weighted by Crippen LogP contribution is 2.23. The number of tetrazole rings is 1. The van der Waals surface area contributed by atoms with Crippen LogP contribution in [0.3, 0.4) is 0 Å². The van der Waals surface area contributed by atoms with Crippen LogP contribution in [0.25, 0.3) is 0 Å². The molecule has 0 radical (unpaired) electrons. The number of ether oxygens (including phenoxy) is 1. The molecular formula is C11H18N4O3. The Balaban J connectivity index is 2.00. The van der Waals surface area contributed by atoms with Crippen molar-refractivity contribution in [1.29, 1.82) is 0 Å². The van der Waals surface area contributed by atoms with Crippen molar-refractivity contribution in [3.8, 4) is 0 Å². The van der Waals surface area contributed by atoms with Gasteiger partial charge in [-0.2, -0.15) is 0 Å². The van der Waals surface area contributed by atoms with Crippen LogP contribution in [-0.4, -0.2) is 44.5 Å². The van der Waals surface area contributed by atoms with Crippen molar-refractivity contribution in [3.63, 3.8) is 0 Å². The average molecular weight is 254 g/mol. The van der Waals surface area contributed by atoms with Crippen LogP contribution in [0.15, 0.2) is 0 Å². The molecule has 0 spiro atoms. The second-order valence-corrected chi connectivity index (χ2v) is 4.84. The number of carbonyl (C=O) groups is 1. The van der Waals surface area contributed by atoms with Crippen molar-refractivity contribution in [2.24, 2.45) is 5.92 Å². The molecular weight excluding hydrogens is 236 g/mol. The van der Waals surface area contributed by atoms with Crippen LogP contribution in [-0.2, 0) is 16.1 Å². The topological polar surface area (TPSA) is 90.1 Å². The molecule has 0 aliphatic carbocycles. The molecule has 2 heterocycles. The summed E-state index contributed by atoms with van der Waals surface area (Å²) in [5, 5.41) is 20.4. The van der Waals surface area contributed by atoms with E-state index in [9.17, 15) is 4.79 Å². The summed E-state index contributed by atoms with van der Waals surface area (Å²) in [4.78, 5) is 10.6. The van der Waals surface area contributed by atoms with Crippen molar-refractivity contribution in [2.45, 2.75) is 38.6 Å². The summed E-state index contributed by atoms with van der Waals surface area (Å²) in [6.45, 7) is 3.86. The predicted molar refractivity (Wildman–Crippen MR) is 62.0 cm³/mol. The molecule has 0 amide bonds. The van der Waals surface area contributed by atoms with E-state index in [1.807, 2.05) is 6.92 Å². The van der Waals surface area contributed by atoms with Crippen molar-refractivity contribution < 1.29 is 14.6 Å². The van der Waals surface area contributed by atoms with Crippen LogP contribution in [0.2, 0.25) is 0 Å². The lowest BCUT2D eigenvalue weighted by molar-refractivity contribution is -0.138. The van der Waals surface area contributed by atoms with Gasteiger partial charge in [0.1, 0.15) is 0 Å². The summed E-state index contributed by atoms with van der Waals surface area (Å²) in [6, 6.07) is 0. The van der Waals surface area contributed by atoms with Crippen LogP contribution in [0.1, 0.15) is 37.9 Å². The second kappa shape index (κ2) is 5.90. The molecule has 2 atom stereocenters. The lowest BCUT2D eigenvalue weighted by Gasteiger charge is -2.21. The SMILES string of the molecule is CC(CC(=O)O)Cn1nnnc1C1CCCOC1. The molecule has 1 aromatic rings. The fraction of sp³-hybridized carbons (Fsp3) is 0.818. The third kappa shape index (κ3) is 3.25. The summed E-state index contributed by atoms with van der Waals surface area (Å²) < 4.78 is 7.14. The van der Waals surface area contributed by atoms with Gasteiger partial charge in [-0.25, -0.2) is 4.68 Å². The van der Waals surface area contributed by atoms with Crippen molar-refractivity contribution in [3.05, 3.63) is 5.82 Å². The van der Waals surface area contributed by atoms with Gasteiger partial charge < -0.3 is 9.84 Å². The maximum atomic E-state index is 10.6. The van der Waals surface area contributed by atoms with Crippen LogP contribution < -0.4 is 0 Å². The first-order valence-electron chi connectivity index (χ1n) is 6.22. The molecule has 1 N–H and O–H groups in total. The predicted octanol–water partition coefficient (Wildman–Crippen LogP) is 0.678. The Hall–Kier alpha value is -1.50. The summed E-state index contributed by atoms with van der Waals surface area (Å²) >= 11 is 0. The largest absolute Gasteiger partial charge is 0.481 e. The van der Waals surface area contributed by atoms with E-state index < -0.39 is 5.97 Å². The number of aliphatic carboxylic acids is 1. The van der Waals surface area contributed by atoms with E-state index >= 15 is 0 Å². The summed E-state index contributed by atoms with van der Waals surface area (Å²) in [5.74, 6) is 0.255. The van der Waals surface area contributed by atoms with Gasteiger partial charge >= 0.3 is 5.97 Å². The highest BCUT2D eigenvalue weighted by atomic mass is 16.5. The van der Waals surface area contributed by atoms with E-state index in [0.29, 0.717) is 13.2 Å². The highest BCUT2D eigenvalue weighted by molar-refractivity contribution is 5.66. The Kier molecular flexibility index (Phi) is 4.24. The third-order valence-corrected chi connectivity index (χ3v) is 3.09. The minimum Gasteiger partial charge on any atom is -0.481 e. The number of hydrogen-bond acceptors (Lipinski definition) is 5. The zero-order chi connectivity index (χ0) is 13.0. The Labute approximate surface area is 105 Å². The normalized spacial score (nSPS) is 21.7. The average Bonchev–Trinajstić information content (AvgIpc) is 2.77. The van der Waals surface area contributed by atoms with E-state index in [4.69, 9.17) is 9.84 Å². The summed E-state index contributed by atoms with van der Waals surface area (Å²) in [5.41, 5.74) is 0. The van der Waals surface area contributed by atoms with E-state index in [-0.39, 0.29) is 18.3 Å². The quantitative estimate of drug-likeness (QED) is 0.830. The first-order valence-corrected chi connectivity index (χ1v) is 6.22. The Morgan fingerprint density at radius 3 is 3.17 bits per heavy atom. The van der Waals surface area contributed by atoms with Gasteiger partial charge in [0, 0.05) is 25.5 Å². The molecule has 18 heavy (non-hydrogen) atoms. The number of aromatic nitrogens is 4. The number of nitrogens with zero attached hydrogens (tertiary/aromatic N) is 4. The molecule has 1 aromatic heterocycles. The lowest BCUT2D eigenvalue weighted by atomic mass is 10.0. The zero-order valence-corrected chi connectivity index (χ0v) is 10.4. The molecule has 0 bridgehead atoms. The van der Waals surface area contributed by atoms with Crippen LogP contribution in [0.4, 0.5) is 0 Å². The van der Waals surface area contributed by atoms with Gasteiger partial charge in [-0.1, -0.05) is 6.92 Å². The molecule has 2 rings (SSSR count). The molecule has 7 heteroatoms. The molecule has 100 valence electrons. The van der Waals surface area contributed by atoms with Crippen molar-refractivity contribution in [2.75, 3.05) is 13.2 Å². The Morgan fingerprint density at radius 1 is 1.67 bits per heavy atom. The monoisotopic (exact) mass is 254 g/mol. The number of carboxylic acids is 1. The van der Waals surface area contributed by atoms with E-state index in [0.717, 1.165) is 25.3 Å². The number of rotatable bonds is 5. The van der Waals surface area contributed by atoms with Gasteiger partial charge in [0.2, 0.25) is 0 Å². The molecule has 0 aromatic carbocycles.